The van der Waals surface area contributed by atoms with Crippen LogP contribution >= 0.6 is 0 Å². The van der Waals surface area contributed by atoms with Gasteiger partial charge in [-0.3, -0.25) is 5.10 Å². The van der Waals surface area contributed by atoms with Crippen molar-refractivity contribution in [3.63, 3.8) is 0 Å². The van der Waals surface area contributed by atoms with Crippen LogP contribution in [0.3, 0.4) is 0 Å². The SMILES string of the molecule is Cc1cc(CNC2CCCCC2)n[nH]1. The van der Waals surface area contributed by atoms with Gasteiger partial charge in [0, 0.05) is 18.3 Å². The summed E-state index contributed by atoms with van der Waals surface area (Å²) in [5.41, 5.74) is 2.28. The number of hydrogen-bond acceptors (Lipinski definition) is 2. The predicted molar refractivity (Wildman–Crippen MR) is 57.0 cm³/mol. The Morgan fingerprint density at radius 1 is 1.43 bits per heavy atom. The highest BCUT2D eigenvalue weighted by Gasteiger charge is 2.12. The predicted octanol–water partition coefficient (Wildman–Crippen LogP) is 2.14. The zero-order chi connectivity index (χ0) is 9.80. The first-order chi connectivity index (χ1) is 6.84. The summed E-state index contributed by atoms with van der Waals surface area (Å²) in [7, 11) is 0. The van der Waals surface area contributed by atoms with Crippen LogP contribution in [0.5, 0.6) is 0 Å². The Morgan fingerprint density at radius 3 is 2.86 bits per heavy atom. The largest absolute Gasteiger partial charge is 0.308 e. The van der Waals surface area contributed by atoms with Crippen LogP contribution in [-0.2, 0) is 6.54 Å². The van der Waals surface area contributed by atoms with Crippen LogP contribution < -0.4 is 5.32 Å². The van der Waals surface area contributed by atoms with Crippen molar-refractivity contribution >= 4 is 0 Å². The lowest BCUT2D eigenvalue weighted by Crippen LogP contribution is -2.30. The summed E-state index contributed by atoms with van der Waals surface area (Å²) in [6.07, 6.45) is 6.86. The fraction of sp³-hybridized carbons (Fsp3) is 0.727. The zero-order valence-electron chi connectivity index (χ0n) is 8.84. The Balaban J connectivity index is 1.76. The van der Waals surface area contributed by atoms with Gasteiger partial charge in [-0.05, 0) is 25.8 Å². The standard InChI is InChI=1S/C11H19N3/c1-9-7-11(14-13-9)8-12-10-5-3-2-4-6-10/h7,10,12H,2-6,8H2,1H3,(H,13,14). The van der Waals surface area contributed by atoms with Gasteiger partial charge in [0.25, 0.3) is 0 Å². The molecule has 1 aliphatic rings. The van der Waals surface area contributed by atoms with E-state index in [-0.39, 0.29) is 0 Å². The maximum Gasteiger partial charge on any atom is 0.0762 e. The highest BCUT2D eigenvalue weighted by molar-refractivity contribution is 5.06. The summed E-state index contributed by atoms with van der Waals surface area (Å²) in [5.74, 6) is 0. The first-order valence-corrected chi connectivity index (χ1v) is 5.59. The van der Waals surface area contributed by atoms with E-state index in [9.17, 15) is 0 Å². The van der Waals surface area contributed by atoms with E-state index in [1.807, 2.05) is 6.92 Å². The fourth-order valence-corrected chi connectivity index (χ4v) is 2.12. The number of nitrogens with zero attached hydrogens (tertiary/aromatic N) is 1. The van der Waals surface area contributed by atoms with Gasteiger partial charge >= 0.3 is 0 Å². The monoisotopic (exact) mass is 193 g/mol. The maximum atomic E-state index is 4.21. The smallest absolute Gasteiger partial charge is 0.0762 e. The summed E-state index contributed by atoms with van der Waals surface area (Å²) in [4.78, 5) is 0. The number of hydrogen-bond donors (Lipinski definition) is 2. The molecule has 0 bridgehead atoms. The molecule has 2 rings (SSSR count). The third-order valence-electron chi connectivity index (χ3n) is 2.94. The van der Waals surface area contributed by atoms with Crippen LogP contribution in [0.15, 0.2) is 6.07 Å². The van der Waals surface area contributed by atoms with Crippen LogP contribution in [0.2, 0.25) is 0 Å². The van der Waals surface area contributed by atoms with E-state index in [2.05, 4.69) is 21.6 Å². The molecule has 0 spiro atoms. The molecule has 0 aliphatic heterocycles. The number of aromatic amines is 1. The van der Waals surface area contributed by atoms with Crippen LogP contribution in [0, 0.1) is 6.92 Å². The van der Waals surface area contributed by atoms with Crippen LogP contribution in [0.1, 0.15) is 43.5 Å². The Bertz CT molecular complexity index is 274. The van der Waals surface area contributed by atoms with E-state index in [0.29, 0.717) is 0 Å². The van der Waals surface area contributed by atoms with E-state index in [1.165, 1.54) is 32.1 Å². The lowest BCUT2D eigenvalue weighted by atomic mass is 9.95. The molecule has 0 atom stereocenters. The Morgan fingerprint density at radius 2 is 2.21 bits per heavy atom. The van der Waals surface area contributed by atoms with Gasteiger partial charge in [0.1, 0.15) is 0 Å². The number of aryl methyl sites for hydroxylation is 1. The van der Waals surface area contributed by atoms with Crippen LogP contribution in [-0.4, -0.2) is 16.2 Å². The van der Waals surface area contributed by atoms with Gasteiger partial charge in [0.05, 0.1) is 5.69 Å². The molecule has 0 unspecified atom stereocenters. The minimum Gasteiger partial charge on any atom is -0.308 e. The van der Waals surface area contributed by atoms with Crippen LogP contribution in [0.4, 0.5) is 0 Å². The van der Waals surface area contributed by atoms with Crippen molar-refractivity contribution in [2.75, 3.05) is 0 Å². The molecule has 78 valence electrons. The first-order valence-electron chi connectivity index (χ1n) is 5.59. The van der Waals surface area contributed by atoms with Gasteiger partial charge in [-0.25, -0.2) is 0 Å². The summed E-state index contributed by atoms with van der Waals surface area (Å²) in [5, 5.41) is 10.7. The molecule has 1 saturated carbocycles. The molecule has 14 heavy (non-hydrogen) atoms. The second kappa shape index (κ2) is 4.60. The molecular formula is C11H19N3. The fourth-order valence-electron chi connectivity index (χ4n) is 2.12. The lowest BCUT2D eigenvalue weighted by molar-refractivity contribution is 0.371. The topological polar surface area (TPSA) is 40.7 Å². The van der Waals surface area contributed by atoms with Gasteiger partial charge in [-0.1, -0.05) is 19.3 Å². The van der Waals surface area contributed by atoms with Crippen molar-refractivity contribution in [1.29, 1.82) is 0 Å². The summed E-state index contributed by atoms with van der Waals surface area (Å²) in [6, 6.07) is 2.83. The van der Waals surface area contributed by atoms with Crippen molar-refractivity contribution in [2.45, 2.75) is 51.6 Å². The minimum atomic E-state index is 0.723. The maximum absolute atomic E-state index is 4.21. The van der Waals surface area contributed by atoms with Gasteiger partial charge < -0.3 is 5.32 Å². The lowest BCUT2D eigenvalue weighted by Gasteiger charge is -2.22. The number of H-pyrrole nitrogens is 1. The molecule has 3 heteroatoms. The highest BCUT2D eigenvalue weighted by atomic mass is 15.1. The van der Waals surface area contributed by atoms with E-state index < -0.39 is 0 Å². The summed E-state index contributed by atoms with van der Waals surface area (Å²) >= 11 is 0. The van der Waals surface area contributed by atoms with Crippen molar-refractivity contribution in [1.82, 2.24) is 15.5 Å². The third kappa shape index (κ3) is 2.58. The summed E-state index contributed by atoms with van der Waals surface area (Å²) in [6.45, 7) is 2.95. The molecule has 1 aromatic rings. The van der Waals surface area contributed by atoms with Crippen LogP contribution in [0.25, 0.3) is 0 Å². The Kier molecular flexibility index (Phi) is 3.19. The van der Waals surface area contributed by atoms with E-state index in [0.717, 1.165) is 24.0 Å². The van der Waals surface area contributed by atoms with E-state index in [1.54, 1.807) is 0 Å². The van der Waals surface area contributed by atoms with E-state index in [4.69, 9.17) is 0 Å². The Labute approximate surface area is 85.3 Å². The molecule has 1 heterocycles. The van der Waals surface area contributed by atoms with Crippen molar-refractivity contribution in [3.05, 3.63) is 17.5 Å². The summed E-state index contributed by atoms with van der Waals surface area (Å²) < 4.78 is 0. The van der Waals surface area contributed by atoms with Crippen molar-refractivity contribution in [2.24, 2.45) is 0 Å². The second-order valence-corrected chi connectivity index (χ2v) is 4.26. The van der Waals surface area contributed by atoms with Crippen molar-refractivity contribution in [3.8, 4) is 0 Å². The van der Waals surface area contributed by atoms with E-state index >= 15 is 0 Å². The molecular weight excluding hydrogens is 174 g/mol. The molecule has 0 amide bonds. The zero-order valence-corrected chi connectivity index (χ0v) is 8.84. The molecule has 0 saturated heterocycles. The van der Waals surface area contributed by atoms with Crippen molar-refractivity contribution < 1.29 is 0 Å². The Hall–Kier alpha value is -0.830. The minimum absolute atomic E-state index is 0.723. The average molecular weight is 193 g/mol. The number of nitrogens with one attached hydrogen (secondary N) is 2. The average Bonchev–Trinajstić information content (AvgIpc) is 2.63. The quantitative estimate of drug-likeness (QED) is 0.772. The molecule has 1 aliphatic carbocycles. The second-order valence-electron chi connectivity index (χ2n) is 4.26. The third-order valence-corrected chi connectivity index (χ3v) is 2.94. The number of rotatable bonds is 3. The molecule has 1 aromatic heterocycles. The molecule has 3 nitrogen and oxygen atoms in total. The first kappa shape index (κ1) is 9.71. The van der Waals surface area contributed by atoms with Gasteiger partial charge in [0.15, 0.2) is 0 Å². The van der Waals surface area contributed by atoms with Gasteiger partial charge in [0.2, 0.25) is 0 Å². The molecule has 0 aromatic carbocycles. The molecule has 1 fully saturated rings. The highest BCUT2D eigenvalue weighted by Crippen LogP contribution is 2.17. The van der Waals surface area contributed by atoms with Gasteiger partial charge in [-0.2, -0.15) is 5.10 Å². The molecule has 2 N–H and O–H groups in total. The van der Waals surface area contributed by atoms with Gasteiger partial charge in [-0.15, -0.1) is 0 Å². The normalized spacial score (nSPS) is 18.6. The molecule has 0 radical (unpaired) electrons. The number of aromatic nitrogens is 2.